The van der Waals surface area contributed by atoms with Crippen LogP contribution in [0.5, 0.6) is 0 Å². The molecule has 9 heteroatoms. The summed E-state index contributed by atoms with van der Waals surface area (Å²) >= 11 is 15.9. The molecule has 1 nitrogen and oxygen atoms in total. The van der Waals surface area contributed by atoms with Crippen molar-refractivity contribution in [2.24, 2.45) is 0 Å². The van der Waals surface area contributed by atoms with E-state index in [0.29, 0.717) is 0 Å². The van der Waals surface area contributed by atoms with Crippen molar-refractivity contribution in [3.8, 4) is 25.6 Å². The maximum Gasteiger partial charge on any atom is 0.0605 e. The topological polar surface area (TPSA) is 23.8 Å². The molecule has 184 valence electrons. The van der Waals surface area contributed by atoms with Crippen molar-refractivity contribution >= 4 is 92.4 Å². The maximum absolute atomic E-state index is 7.32. The maximum atomic E-state index is 7.32. The first-order chi connectivity index (χ1) is 17.2. The summed E-state index contributed by atoms with van der Waals surface area (Å²) < 4.78 is 5.83. The second-order valence-electron chi connectivity index (χ2n) is 7.51. The van der Waals surface area contributed by atoms with Crippen molar-refractivity contribution in [1.82, 2.24) is 0 Å². The summed E-state index contributed by atoms with van der Waals surface area (Å²) in [6, 6.07) is 20.3. The Hall–Kier alpha value is -0.310. The Morgan fingerprint density at radius 2 is 0.714 bits per heavy atom. The first-order valence-electron chi connectivity index (χ1n) is 11.5. The minimum Gasteiger partial charge on any atom is -0.199 e. The molecule has 0 aromatic carbocycles. The monoisotopic (exact) mass is 609 g/mol. The lowest BCUT2D eigenvalue weighted by Gasteiger charge is -2.00. The van der Waals surface area contributed by atoms with Crippen LogP contribution < -0.4 is 0 Å². The van der Waals surface area contributed by atoms with Crippen molar-refractivity contribution in [1.29, 1.82) is 5.26 Å². The lowest BCUT2D eigenvalue weighted by molar-refractivity contribution is 0.908. The van der Waals surface area contributed by atoms with Crippen LogP contribution in [0.25, 0.3) is 19.5 Å². The zero-order valence-electron chi connectivity index (χ0n) is 19.5. The summed E-state index contributed by atoms with van der Waals surface area (Å²) in [5, 5.41) is 7.32. The molecular formula is C26H27NS8. The van der Waals surface area contributed by atoms with E-state index in [1.54, 1.807) is 6.07 Å². The SMILES string of the molecule is CC#N.c1cc2sc1SCCCCSc1ccc(s1)-c1ccc(s1)SCCCCSc1ccc-2s1. The Morgan fingerprint density at radius 3 is 0.943 bits per heavy atom. The quantitative estimate of drug-likeness (QED) is 0.197. The lowest BCUT2D eigenvalue weighted by Crippen LogP contribution is -1.82. The van der Waals surface area contributed by atoms with E-state index in [2.05, 4.69) is 48.5 Å². The average Bonchev–Trinajstić information content (AvgIpc) is 3.65. The number of thioether (sulfide) groups is 4. The lowest BCUT2D eigenvalue weighted by atomic mass is 10.4. The highest BCUT2D eigenvalue weighted by atomic mass is 32.2. The molecule has 0 saturated carbocycles. The number of thiophene rings is 4. The molecule has 5 heterocycles. The molecule has 0 spiro atoms. The molecular weight excluding hydrogens is 583 g/mol. The number of fused-ring (bicyclic) bond motifs is 10. The molecule has 0 unspecified atom stereocenters. The smallest absolute Gasteiger partial charge is 0.0605 e. The summed E-state index contributed by atoms with van der Waals surface area (Å²) in [7, 11) is 0. The Morgan fingerprint density at radius 1 is 0.486 bits per heavy atom. The fourth-order valence-electron chi connectivity index (χ4n) is 3.22. The van der Waals surface area contributed by atoms with Gasteiger partial charge in [0.05, 0.1) is 22.9 Å². The van der Waals surface area contributed by atoms with E-state index in [1.165, 1.54) is 92.0 Å². The summed E-state index contributed by atoms with van der Waals surface area (Å²) in [5.74, 6) is 4.88. The molecule has 1 aliphatic rings. The van der Waals surface area contributed by atoms with Gasteiger partial charge in [-0.25, -0.2) is 0 Å². The Labute approximate surface area is 242 Å². The zero-order valence-corrected chi connectivity index (χ0v) is 26.0. The molecule has 0 amide bonds. The van der Waals surface area contributed by atoms with Gasteiger partial charge in [0.15, 0.2) is 0 Å². The van der Waals surface area contributed by atoms with Crippen LogP contribution in [0.3, 0.4) is 0 Å². The van der Waals surface area contributed by atoms with E-state index in [1.807, 2.05) is 92.4 Å². The third kappa shape index (κ3) is 8.89. The van der Waals surface area contributed by atoms with E-state index in [4.69, 9.17) is 5.26 Å². The van der Waals surface area contributed by atoms with Gasteiger partial charge in [0.1, 0.15) is 0 Å². The minimum atomic E-state index is 1.22. The normalized spacial score (nSPS) is 15.3. The number of nitrogens with zero attached hydrogens (tertiary/aromatic N) is 1. The highest BCUT2D eigenvalue weighted by molar-refractivity contribution is 8.02. The predicted molar refractivity (Wildman–Crippen MR) is 168 cm³/mol. The summed E-state index contributed by atoms with van der Waals surface area (Å²) in [6.07, 6.45) is 5.14. The molecule has 0 fully saturated rings. The van der Waals surface area contributed by atoms with Gasteiger partial charge in [0.25, 0.3) is 0 Å². The summed E-state index contributed by atoms with van der Waals surface area (Å²) in [4.78, 5) is 5.70. The molecule has 0 N–H and O–H groups in total. The molecule has 4 aromatic heterocycles. The van der Waals surface area contributed by atoms with Crippen molar-refractivity contribution in [2.75, 3.05) is 23.0 Å². The first-order valence-corrected chi connectivity index (χ1v) is 18.7. The molecule has 35 heavy (non-hydrogen) atoms. The molecule has 4 aromatic rings. The first kappa shape index (κ1) is 27.7. The van der Waals surface area contributed by atoms with Crippen molar-refractivity contribution in [3.63, 3.8) is 0 Å². The number of hydrogen-bond donors (Lipinski definition) is 0. The average molecular weight is 610 g/mol. The number of rotatable bonds is 0. The van der Waals surface area contributed by atoms with Crippen LogP contribution in [0.2, 0.25) is 0 Å². The van der Waals surface area contributed by atoms with Crippen molar-refractivity contribution < 1.29 is 0 Å². The second-order valence-corrected chi connectivity index (χ2v) is 17.4. The van der Waals surface area contributed by atoms with E-state index < -0.39 is 0 Å². The van der Waals surface area contributed by atoms with Gasteiger partial charge in [0, 0.05) is 26.4 Å². The summed E-state index contributed by atoms with van der Waals surface area (Å²) in [5.41, 5.74) is 0. The fourth-order valence-corrected chi connectivity index (χ4v) is 12.2. The molecule has 0 radical (unpaired) electrons. The van der Waals surface area contributed by atoms with Gasteiger partial charge in [-0.3, -0.25) is 0 Å². The van der Waals surface area contributed by atoms with Crippen LogP contribution in [0, 0.1) is 11.3 Å². The third-order valence-corrected chi connectivity index (χ3v) is 14.8. The van der Waals surface area contributed by atoms with Gasteiger partial charge in [-0.05, 0) is 97.2 Å². The highest BCUT2D eigenvalue weighted by Crippen LogP contribution is 2.42. The fraction of sp³-hybridized carbons (Fsp3) is 0.346. The van der Waals surface area contributed by atoms with Crippen LogP contribution in [-0.4, -0.2) is 23.0 Å². The summed E-state index contributed by atoms with van der Waals surface area (Å²) in [6.45, 7) is 1.43. The predicted octanol–water partition coefficient (Wildman–Crippen LogP) is 11.4. The van der Waals surface area contributed by atoms with Crippen LogP contribution in [-0.2, 0) is 0 Å². The van der Waals surface area contributed by atoms with Gasteiger partial charge in [0.2, 0.25) is 0 Å². The van der Waals surface area contributed by atoms with Gasteiger partial charge in [-0.15, -0.1) is 92.4 Å². The standard InChI is InChI=1S/C24H24S8.C2H3N/c1-2-14-26-22-10-6-19(30-22)20-8-12-24(32-20)28-16-4-3-15-27-23-11-7-18(31-23)17-5-9-21(29-17)25-13-1;1-2-3/h5-12H,1-4,13-16H2;1H3. The van der Waals surface area contributed by atoms with Crippen molar-refractivity contribution in [3.05, 3.63) is 48.5 Å². The second kappa shape index (κ2) is 15.2. The zero-order chi connectivity index (χ0) is 24.3. The Kier molecular flexibility index (Phi) is 12.0. The number of nitriles is 1. The van der Waals surface area contributed by atoms with E-state index in [-0.39, 0.29) is 0 Å². The van der Waals surface area contributed by atoms with Gasteiger partial charge in [-0.2, -0.15) is 5.26 Å². The molecule has 0 saturated heterocycles. The molecule has 8 bridgehead atoms. The molecule has 1 aliphatic heterocycles. The van der Waals surface area contributed by atoms with Crippen LogP contribution in [0.1, 0.15) is 32.6 Å². The van der Waals surface area contributed by atoms with Crippen molar-refractivity contribution in [2.45, 2.75) is 49.4 Å². The van der Waals surface area contributed by atoms with Crippen LogP contribution in [0.4, 0.5) is 0 Å². The Bertz CT molecular complexity index is 1030. The molecule has 0 aliphatic carbocycles. The van der Waals surface area contributed by atoms with E-state index >= 15 is 0 Å². The largest absolute Gasteiger partial charge is 0.199 e. The Balaban J connectivity index is 0.000000917. The van der Waals surface area contributed by atoms with Gasteiger partial charge < -0.3 is 0 Å². The van der Waals surface area contributed by atoms with E-state index in [9.17, 15) is 0 Å². The van der Waals surface area contributed by atoms with E-state index in [0.717, 1.165) is 0 Å². The van der Waals surface area contributed by atoms with Gasteiger partial charge in [-0.1, -0.05) is 0 Å². The number of hydrogen-bond acceptors (Lipinski definition) is 9. The molecule has 0 atom stereocenters. The van der Waals surface area contributed by atoms with Gasteiger partial charge >= 0.3 is 0 Å². The molecule has 5 rings (SSSR count). The highest BCUT2D eigenvalue weighted by Gasteiger charge is 2.09. The third-order valence-electron chi connectivity index (χ3n) is 4.87. The van der Waals surface area contributed by atoms with Crippen LogP contribution in [0.15, 0.2) is 65.4 Å². The van der Waals surface area contributed by atoms with Crippen LogP contribution >= 0.6 is 92.4 Å². The minimum absolute atomic E-state index is 1.22.